The fourth-order valence-electron chi connectivity index (χ4n) is 4.45. The van der Waals surface area contributed by atoms with Gasteiger partial charge in [0.05, 0.1) is 0 Å². The van der Waals surface area contributed by atoms with E-state index in [0.29, 0.717) is 12.0 Å². The van der Waals surface area contributed by atoms with Crippen LogP contribution in [-0.4, -0.2) is 37.6 Å². The average Bonchev–Trinajstić information content (AvgIpc) is 2.56. The van der Waals surface area contributed by atoms with E-state index >= 15 is 0 Å². The van der Waals surface area contributed by atoms with Crippen molar-refractivity contribution in [3.63, 3.8) is 0 Å². The molecular formula is C21H34N2. The monoisotopic (exact) mass is 314 g/mol. The second-order valence-electron chi connectivity index (χ2n) is 8.11. The van der Waals surface area contributed by atoms with Crippen molar-refractivity contribution in [2.24, 2.45) is 5.92 Å². The molecule has 1 aromatic rings. The molecule has 1 N–H and O–H groups in total. The fraction of sp³-hybridized carbons (Fsp3) is 0.714. The Morgan fingerprint density at radius 1 is 1.04 bits per heavy atom. The van der Waals surface area contributed by atoms with E-state index in [1.54, 1.807) is 0 Å². The normalized spacial score (nSPS) is 27.3. The Labute approximate surface area is 142 Å². The maximum atomic E-state index is 3.91. The molecule has 0 bridgehead atoms. The summed E-state index contributed by atoms with van der Waals surface area (Å²) in [4.78, 5) is 2.52. The van der Waals surface area contributed by atoms with E-state index in [9.17, 15) is 0 Å². The van der Waals surface area contributed by atoms with Crippen molar-refractivity contribution in [2.45, 2.75) is 64.3 Å². The number of nitrogens with one attached hydrogen (secondary N) is 1. The van der Waals surface area contributed by atoms with Gasteiger partial charge in [-0.05, 0) is 75.2 Å². The summed E-state index contributed by atoms with van der Waals surface area (Å²) >= 11 is 0. The van der Waals surface area contributed by atoms with Crippen LogP contribution in [0.1, 0.15) is 61.1 Å². The molecule has 0 radical (unpaired) electrons. The first kappa shape index (κ1) is 17.0. The SMILES string of the molecule is Cc1ccc(C2CC(NCC3CCCCC3)CN(C)C2)cc1C. The van der Waals surface area contributed by atoms with Gasteiger partial charge in [-0.3, -0.25) is 0 Å². The zero-order valence-electron chi connectivity index (χ0n) is 15.3. The van der Waals surface area contributed by atoms with Crippen molar-refractivity contribution in [2.75, 3.05) is 26.7 Å². The minimum atomic E-state index is 0.655. The summed E-state index contributed by atoms with van der Waals surface area (Å²) in [5, 5.41) is 3.91. The van der Waals surface area contributed by atoms with Crippen LogP contribution < -0.4 is 5.32 Å². The van der Waals surface area contributed by atoms with E-state index in [0.717, 1.165) is 5.92 Å². The smallest absolute Gasteiger partial charge is 0.0201 e. The molecule has 1 heterocycles. The van der Waals surface area contributed by atoms with Crippen LogP contribution in [0.15, 0.2) is 18.2 Å². The predicted octanol–water partition coefficient (Wildman–Crippen LogP) is 4.26. The number of aryl methyl sites for hydroxylation is 2. The van der Waals surface area contributed by atoms with Crippen molar-refractivity contribution in [3.05, 3.63) is 34.9 Å². The summed E-state index contributed by atoms with van der Waals surface area (Å²) in [5.41, 5.74) is 4.37. The third-order valence-corrected chi connectivity index (χ3v) is 6.06. The van der Waals surface area contributed by atoms with Crippen molar-refractivity contribution >= 4 is 0 Å². The summed E-state index contributed by atoms with van der Waals surface area (Å²) in [6.45, 7) is 8.08. The minimum Gasteiger partial charge on any atom is -0.312 e. The predicted molar refractivity (Wildman–Crippen MR) is 99.1 cm³/mol. The number of piperidine rings is 1. The molecule has 0 amide bonds. The van der Waals surface area contributed by atoms with Gasteiger partial charge >= 0.3 is 0 Å². The van der Waals surface area contributed by atoms with E-state index in [1.165, 1.54) is 74.8 Å². The Hall–Kier alpha value is -0.860. The van der Waals surface area contributed by atoms with E-state index in [1.807, 2.05) is 0 Å². The number of hydrogen-bond donors (Lipinski definition) is 1. The largest absolute Gasteiger partial charge is 0.312 e. The van der Waals surface area contributed by atoms with E-state index < -0.39 is 0 Å². The molecule has 2 atom stereocenters. The highest BCUT2D eigenvalue weighted by molar-refractivity contribution is 5.32. The maximum Gasteiger partial charge on any atom is 0.0201 e. The molecule has 1 saturated carbocycles. The Morgan fingerprint density at radius 3 is 2.57 bits per heavy atom. The first-order valence-electron chi connectivity index (χ1n) is 9.61. The number of nitrogens with zero attached hydrogens (tertiary/aromatic N) is 1. The van der Waals surface area contributed by atoms with Gasteiger partial charge in [-0.15, -0.1) is 0 Å². The Balaban J connectivity index is 1.58. The zero-order chi connectivity index (χ0) is 16.2. The number of likely N-dealkylation sites (tertiary alicyclic amines) is 1. The van der Waals surface area contributed by atoms with Gasteiger partial charge in [0, 0.05) is 19.1 Å². The van der Waals surface area contributed by atoms with Crippen molar-refractivity contribution in [1.29, 1.82) is 0 Å². The maximum absolute atomic E-state index is 3.91. The molecule has 2 unspecified atom stereocenters. The Morgan fingerprint density at radius 2 is 1.83 bits per heavy atom. The number of benzene rings is 1. The zero-order valence-corrected chi connectivity index (χ0v) is 15.3. The second kappa shape index (κ2) is 7.81. The Bertz CT molecular complexity index is 505. The molecule has 2 fully saturated rings. The molecule has 0 spiro atoms. The minimum absolute atomic E-state index is 0.655. The number of likely N-dealkylation sites (N-methyl/N-ethyl adjacent to an activating group) is 1. The lowest BCUT2D eigenvalue weighted by molar-refractivity contribution is 0.195. The van der Waals surface area contributed by atoms with Crippen molar-refractivity contribution in [3.8, 4) is 0 Å². The molecule has 2 heteroatoms. The molecule has 2 nitrogen and oxygen atoms in total. The summed E-state index contributed by atoms with van der Waals surface area (Å²) in [7, 11) is 2.28. The molecule has 3 rings (SSSR count). The average molecular weight is 315 g/mol. The highest BCUT2D eigenvalue weighted by Gasteiger charge is 2.27. The quantitative estimate of drug-likeness (QED) is 0.893. The van der Waals surface area contributed by atoms with Crippen LogP contribution in [0, 0.1) is 19.8 Å². The molecule has 1 saturated heterocycles. The van der Waals surface area contributed by atoms with Crippen molar-refractivity contribution < 1.29 is 0 Å². The van der Waals surface area contributed by atoms with Gasteiger partial charge in [-0.25, -0.2) is 0 Å². The fourth-order valence-corrected chi connectivity index (χ4v) is 4.45. The third-order valence-electron chi connectivity index (χ3n) is 6.06. The van der Waals surface area contributed by atoms with E-state index in [2.05, 4.69) is 49.3 Å². The van der Waals surface area contributed by atoms with Crippen molar-refractivity contribution in [1.82, 2.24) is 10.2 Å². The van der Waals surface area contributed by atoms with E-state index in [-0.39, 0.29) is 0 Å². The number of rotatable bonds is 4. The molecule has 128 valence electrons. The molecule has 2 aliphatic rings. The third kappa shape index (κ3) is 4.58. The summed E-state index contributed by atoms with van der Waals surface area (Å²) in [5.74, 6) is 1.60. The van der Waals surface area contributed by atoms with Crippen LogP contribution >= 0.6 is 0 Å². The Kier molecular flexibility index (Phi) is 5.76. The van der Waals surface area contributed by atoms with Crippen LogP contribution in [0.2, 0.25) is 0 Å². The van der Waals surface area contributed by atoms with Gasteiger partial charge in [0.1, 0.15) is 0 Å². The first-order valence-corrected chi connectivity index (χ1v) is 9.61. The lowest BCUT2D eigenvalue weighted by Crippen LogP contribution is -2.48. The second-order valence-corrected chi connectivity index (χ2v) is 8.11. The molecule has 0 aromatic heterocycles. The van der Waals surface area contributed by atoms with Gasteiger partial charge in [0.2, 0.25) is 0 Å². The highest BCUT2D eigenvalue weighted by atomic mass is 15.1. The lowest BCUT2D eigenvalue weighted by atomic mass is 9.86. The van der Waals surface area contributed by atoms with Gasteiger partial charge in [-0.2, -0.15) is 0 Å². The van der Waals surface area contributed by atoms with Gasteiger partial charge in [0.25, 0.3) is 0 Å². The summed E-state index contributed by atoms with van der Waals surface area (Å²) < 4.78 is 0. The molecule has 23 heavy (non-hydrogen) atoms. The molecular weight excluding hydrogens is 280 g/mol. The van der Waals surface area contributed by atoms with Crippen LogP contribution in [0.5, 0.6) is 0 Å². The van der Waals surface area contributed by atoms with Crippen LogP contribution in [-0.2, 0) is 0 Å². The van der Waals surface area contributed by atoms with Gasteiger partial charge in [0.15, 0.2) is 0 Å². The highest BCUT2D eigenvalue weighted by Crippen LogP contribution is 2.29. The molecule has 1 aromatic carbocycles. The van der Waals surface area contributed by atoms with Crippen LogP contribution in [0.25, 0.3) is 0 Å². The van der Waals surface area contributed by atoms with E-state index in [4.69, 9.17) is 0 Å². The molecule has 1 aliphatic heterocycles. The summed E-state index contributed by atoms with van der Waals surface area (Å²) in [6, 6.07) is 7.72. The number of hydrogen-bond acceptors (Lipinski definition) is 2. The van der Waals surface area contributed by atoms with Gasteiger partial charge in [-0.1, -0.05) is 37.5 Å². The van der Waals surface area contributed by atoms with Crippen LogP contribution in [0.4, 0.5) is 0 Å². The standard InChI is InChI=1S/C21H34N2/c1-16-9-10-19(11-17(16)2)20-12-21(15-23(3)14-20)22-13-18-7-5-4-6-8-18/h9-11,18,20-22H,4-8,12-15H2,1-3H3. The lowest BCUT2D eigenvalue weighted by Gasteiger charge is -2.37. The first-order chi connectivity index (χ1) is 11.1. The molecule has 1 aliphatic carbocycles. The van der Waals surface area contributed by atoms with Crippen LogP contribution in [0.3, 0.4) is 0 Å². The van der Waals surface area contributed by atoms with Gasteiger partial charge < -0.3 is 10.2 Å². The summed E-state index contributed by atoms with van der Waals surface area (Å²) in [6.07, 6.45) is 8.52. The topological polar surface area (TPSA) is 15.3 Å².